The molecule has 0 aromatic heterocycles. The van der Waals surface area contributed by atoms with Crippen molar-refractivity contribution in [2.45, 2.75) is 44.6 Å². The Morgan fingerprint density at radius 3 is 2.83 bits per heavy atom. The number of terminal acetylenes is 1. The summed E-state index contributed by atoms with van der Waals surface area (Å²) in [5.41, 5.74) is 2.97. The molecule has 1 fully saturated rings. The van der Waals surface area contributed by atoms with E-state index in [1.54, 1.807) is 0 Å². The van der Waals surface area contributed by atoms with Crippen LogP contribution < -0.4 is 5.48 Å². The van der Waals surface area contributed by atoms with E-state index in [2.05, 4.69) is 11.4 Å². The molecule has 0 heterocycles. The van der Waals surface area contributed by atoms with Crippen molar-refractivity contribution in [1.29, 1.82) is 0 Å². The van der Waals surface area contributed by atoms with Gasteiger partial charge in [-0.2, -0.15) is 0 Å². The molecule has 0 aromatic rings. The minimum atomic E-state index is 0.454. The summed E-state index contributed by atoms with van der Waals surface area (Å²) in [6.07, 6.45) is 12.5. The predicted molar refractivity (Wildman–Crippen MR) is 49.4 cm³/mol. The molecule has 0 saturated heterocycles. The number of hydrogen-bond donors (Lipinski definition) is 1. The van der Waals surface area contributed by atoms with E-state index < -0.39 is 0 Å². The van der Waals surface area contributed by atoms with E-state index in [4.69, 9.17) is 11.3 Å². The van der Waals surface area contributed by atoms with E-state index in [1.807, 2.05) is 0 Å². The Labute approximate surface area is 74.6 Å². The zero-order valence-electron chi connectivity index (χ0n) is 7.51. The third-order valence-electron chi connectivity index (χ3n) is 2.15. The number of hydroxylamine groups is 1. The molecule has 0 radical (unpaired) electrons. The first-order valence-electron chi connectivity index (χ1n) is 4.75. The lowest BCUT2D eigenvalue weighted by Crippen LogP contribution is -2.22. The van der Waals surface area contributed by atoms with Crippen molar-refractivity contribution in [3.8, 4) is 12.3 Å². The van der Waals surface area contributed by atoms with Gasteiger partial charge in [0.15, 0.2) is 0 Å². The zero-order valence-corrected chi connectivity index (χ0v) is 7.51. The predicted octanol–water partition coefficient (Wildman–Crippen LogP) is 1.86. The van der Waals surface area contributed by atoms with Crippen LogP contribution in [0.5, 0.6) is 0 Å². The standard InChI is InChI=1S/C10H17NO/c1-2-3-6-9-11-12-10-7-4-5-8-10/h1,10-11H,3-9H2. The van der Waals surface area contributed by atoms with Crippen molar-refractivity contribution < 1.29 is 4.84 Å². The van der Waals surface area contributed by atoms with Gasteiger partial charge in [0.2, 0.25) is 0 Å². The monoisotopic (exact) mass is 167 g/mol. The SMILES string of the molecule is C#CCCCNOC1CCCC1. The molecule has 0 aliphatic heterocycles. The van der Waals surface area contributed by atoms with Crippen molar-refractivity contribution in [2.75, 3.05) is 6.54 Å². The molecule has 0 spiro atoms. The highest BCUT2D eigenvalue weighted by Crippen LogP contribution is 2.19. The van der Waals surface area contributed by atoms with Crippen LogP contribution in [0.2, 0.25) is 0 Å². The van der Waals surface area contributed by atoms with Crippen molar-refractivity contribution in [2.24, 2.45) is 0 Å². The van der Waals surface area contributed by atoms with Crippen LogP contribution in [0.4, 0.5) is 0 Å². The second-order valence-electron chi connectivity index (χ2n) is 3.23. The van der Waals surface area contributed by atoms with Gasteiger partial charge in [-0.05, 0) is 19.3 Å². The second-order valence-corrected chi connectivity index (χ2v) is 3.23. The third kappa shape index (κ3) is 3.75. The average molecular weight is 167 g/mol. The van der Waals surface area contributed by atoms with Gasteiger partial charge < -0.3 is 0 Å². The lowest BCUT2D eigenvalue weighted by atomic mass is 10.3. The smallest absolute Gasteiger partial charge is 0.0790 e. The molecule has 1 saturated carbocycles. The van der Waals surface area contributed by atoms with Crippen molar-refractivity contribution in [3.05, 3.63) is 0 Å². The number of rotatable bonds is 5. The Hall–Kier alpha value is -0.520. The van der Waals surface area contributed by atoms with E-state index in [-0.39, 0.29) is 0 Å². The highest BCUT2D eigenvalue weighted by Gasteiger charge is 2.14. The van der Waals surface area contributed by atoms with Crippen molar-refractivity contribution in [3.63, 3.8) is 0 Å². The fraction of sp³-hybridized carbons (Fsp3) is 0.800. The summed E-state index contributed by atoms with van der Waals surface area (Å²) in [4.78, 5) is 5.43. The summed E-state index contributed by atoms with van der Waals surface area (Å²) >= 11 is 0. The quantitative estimate of drug-likeness (QED) is 0.383. The maximum atomic E-state index is 5.43. The Bertz CT molecular complexity index is 144. The van der Waals surface area contributed by atoms with Crippen LogP contribution in [0, 0.1) is 12.3 Å². The first-order valence-corrected chi connectivity index (χ1v) is 4.75. The van der Waals surface area contributed by atoms with Crippen molar-refractivity contribution in [1.82, 2.24) is 5.48 Å². The average Bonchev–Trinajstić information content (AvgIpc) is 2.57. The molecule has 0 amide bonds. The van der Waals surface area contributed by atoms with Gasteiger partial charge >= 0.3 is 0 Å². The molecule has 1 rings (SSSR count). The molecule has 1 aliphatic rings. The molecule has 0 aromatic carbocycles. The third-order valence-corrected chi connectivity index (χ3v) is 2.15. The van der Waals surface area contributed by atoms with Crippen LogP contribution in [-0.4, -0.2) is 12.6 Å². The van der Waals surface area contributed by atoms with E-state index in [0.717, 1.165) is 19.4 Å². The van der Waals surface area contributed by atoms with E-state index in [0.29, 0.717) is 6.10 Å². The Morgan fingerprint density at radius 1 is 1.42 bits per heavy atom. The van der Waals surface area contributed by atoms with Gasteiger partial charge in [0, 0.05) is 13.0 Å². The fourth-order valence-corrected chi connectivity index (χ4v) is 1.45. The van der Waals surface area contributed by atoms with Crippen LogP contribution in [0.1, 0.15) is 38.5 Å². The number of hydrogen-bond acceptors (Lipinski definition) is 2. The second kappa shape index (κ2) is 6.05. The Kier molecular flexibility index (Phi) is 4.82. The van der Waals surface area contributed by atoms with Gasteiger partial charge in [-0.1, -0.05) is 12.8 Å². The topological polar surface area (TPSA) is 21.3 Å². The summed E-state index contributed by atoms with van der Waals surface area (Å²) in [6, 6.07) is 0. The summed E-state index contributed by atoms with van der Waals surface area (Å²) in [5, 5.41) is 0. The molecule has 0 unspecified atom stereocenters. The summed E-state index contributed by atoms with van der Waals surface area (Å²) in [6.45, 7) is 0.876. The number of unbranched alkanes of at least 4 members (excludes halogenated alkanes) is 1. The summed E-state index contributed by atoms with van der Waals surface area (Å²) in [7, 11) is 0. The van der Waals surface area contributed by atoms with Gasteiger partial charge in [0.1, 0.15) is 0 Å². The highest BCUT2D eigenvalue weighted by molar-refractivity contribution is 4.82. The largest absolute Gasteiger partial charge is 0.299 e. The van der Waals surface area contributed by atoms with E-state index in [1.165, 1.54) is 25.7 Å². The first-order chi connectivity index (χ1) is 5.93. The molecule has 0 bridgehead atoms. The summed E-state index contributed by atoms with van der Waals surface area (Å²) in [5.74, 6) is 2.60. The molecule has 2 heteroatoms. The molecule has 68 valence electrons. The fourth-order valence-electron chi connectivity index (χ4n) is 1.45. The molecule has 1 aliphatic carbocycles. The minimum absolute atomic E-state index is 0.454. The van der Waals surface area contributed by atoms with Crippen LogP contribution in [0.3, 0.4) is 0 Å². The van der Waals surface area contributed by atoms with Crippen LogP contribution >= 0.6 is 0 Å². The van der Waals surface area contributed by atoms with Crippen LogP contribution in [0.15, 0.2) is 0 Å². The van der Waals surface area contributed by atoms with Crippen LogP contribution in [0.25, 0.3) is 0 Å². The molecular weight excluding hydrogens is 150 g/mol. The molecular formula is C10H17NO. The lowest BCUT2D eigenvalue weighted by molar-refractivity contribution is -0.0206. The summed E-state index contributed by atoms with van der Waals surface area (Å²) < 4.78 is 0. The number of nitrogens with one attached hydrogen (secondary N) is 1. The Balaban J connectivity index is 1.85. The van der Waals surface area contributed by atoms with Gasteiger partial charge in [0.25, 0.3) is 0 Å². The van der Waals surface area contributed by atoms with E-state index >= 15 is 0 Å². The van der Waals surface area contributed by atoms with E-state index in [9.17, 15) is 0 Å². The lowest BCUT2D eigenvalue weighted by Gasteiger charge is -2.10. The highest BCUT2D eigenvalue weighted by atomic mass is 16.7. The molecule has 0 atom stereocenters. The molecule has 12 heavy (non-hydrogen) atoms. The Morgan fingerprint density at radius 2 is 2.17 bits per heavy atom. The van der Waals surface area contributed by atoms with Gasteiger partial charge in [-0.15, -0.1) is 12.3 Å². The van der Waals surface area contributed by atoms with Crippen molar-refractivity contribution >= 4 is 0 Å². The first kappa shape index (κ1) is 9.57. The minimum Gasteiger partial charge on any atom is -0.299 e. The molecule has 2 nitrogen and oxygen atoms in total. The molecule has 1 N–H and O–H groups in total. The van der Waals surface area contributed by atoms with Crippen LogP contribution in [-0.2, 0) is 4.84 Å². The van der Waals surface area contributed by atoms with Gasteiger partial charge in [-0.25, -0.2) is 5.48 Å². The zero-order chi connectivity index (χ0) is 8.65. The van der Waals surface area contributed by atoms with Gasteiger partial charge in [0.05, 0.1) is 6.10 Å². The van der Waals surface area contributed by atoms with Gasteiger partial charge in [-0.3, -0.25) is 4.84 Å². The maximum absolute atomic E-state index is 5.43. The maximum Gasteiger partial charge on any atom is 0.0790 e. The normalized spacial score (nSPS) is 17.9.